The van der Waals surface area contributed by atoms with Crippen LogP contribution in [0.2, 0.25) is 0 Å². The summed E-state index contributed by atoms with van der Waals surface area (Å²) in [5, 5.41) is 0. The van der Waals surface area contributed by atoms with Crippen LogP contribution in [-0.2, 0) is 0 Å². The standard InChI is InChI=1S/C15H22N2O/c1-3-4-13-7-9-17(10-8-13)15-6-5-14(11-16-15)12(2)18/h5-6,11,13H,3-4,7-10H2,1-2H3. The Balaban J connectivity index is 1.95. The topological polar surface area (TPSA) is 33.2 Å². The largest absolute Gasteiger partial charge is 0.357 e. The summed E-state index contributed by atoms with van der Waals surface area (Å²) in [6.07, 6.45) is 6.87. The van der Waals surface area contributed by atoms with Crippen molar-refractivity contribution in [2.75, 3.05) is 18.0 Å². The van der Waals surface area contributed by atoms with E-state index in [1.807, 2.05) is 12.1 Å². The summed E-state index contributed by atoms with van der Waals surface area (Å²) in [6.45, 7) is 6.02. The van der Waals surface area contributed by atoms with Gasteiger partial charge in [0.2, 0.25) is 0 Å². The third-order valence-corrected chi connectivity index (χ3v) is 3.79. The maximum atomic E-state index is 11.2. The first kappa shape index (κ1) is 13.1. The normalized spacial score (nSPS) is 16.9. The Hall–Kier alpha value is -1.38. The Morgan fingerprint density at radius 1 is 1.39 bits per heavy atom. The zero-order valence-corrected chi connectivity index (χ0v) is 11.4. The number of pyridine rings is 1. The second-order valence-corrected chi connectivity index (χ2v) is 5.18. The van der Waals surface area contributed by atoms with Crippen LogP contribution >= 0.6 is 0 Å². The second-order valence-electron chi connectivity index (χ2n) is 5.18. The van der Waals surface area contributed by atoms with Crippen molar-refractivity contribution in [3.63, 3.8) is 0 Å². The molecular formula is C15H22N2O. The van der Waals surface area contributed by atoms with E-state index in [0.717, 1.165) is 24.8 Å². The Kier molecular flexibility index (Phi) is 4.34. The SMILES string of the molecule is CCCC1CCN(c2ccc(C(C)=O)cn2)CC1. The molecule has 0 N–H and O–H groups in total. The van der Waals surface area contributed by atoms with Gasteiger partial charge in [-0.1, -0.05) is 19.8 Å². The van der Waals surface area contributed by atoms with E-state index in [2.05, 4.69) is 16.8 Å². The lowest BCUT2D eigenvalue weighted by Crippen LogP contribution is -2.34. The molecule has 3 nitrogen and oxygen atoms in total. The van der Waals surface area contributed by atoms with Gasteiger partial charge in [-0.05, 0) is 37.8 Å². The van der Waals surface area contributed by atoms with Gasteiger partial charge in [0.05, 0.1) is 0 Å². The molecule has 98 valence electrons. The van der Waals surface area contributed by atoms with Gasteiger partial charge in [0.25, 0.3) is 0 Å². The highest BCUT2D eigenvalue weighted by Gasteiger charge is 2.19. The number of anilines is 1. The van der Waals surface area contributed by atoms with Crippen molar-refractivity contribution in [2.45, 2.75) is 39.5 Å². The lowest BCUT2D eigenvalue weighted by molar-refractivity contribution is 0.101. The summed E-state index contributed by atoms with van der Waals surface area (Å²) in [5.41, 5.74) is 0.694. The molecular weight excluding hydrogens is 224 g/mol. The van der Waals surface area contributed by atoms with Gasteiger partial charge < -0.3 is 4.90 Å². The van der Waals surface area contributed by atoms with Crippen LogP contribution in [0.15, 0.2) is 18.3 Å². The molecule has 18 heavy (non-hydrogen) atoms. The van der Waals surface area contributed by atoms with Gasteiger partial charge in [0.15, 0.2) is 5.78 Å². The summed E-state index contributed by atoms with van der Waals surface area (Å²) in [7, 11) is 0. The molecule has 0 unspecified atom stereocenters. The van der Waals surface area contributed by atoms with E-state index in [0.29, 0.717) is 5.56 Å². The van der Waals surface area contributed by atoms with Crippen LogP contribution in [0.25, 0.3) is 0 Å². The first-order chi connectivity index (χ1) is 8.70. The fourth-order valence-electron chi connectivity index (χ4n) is 2.64. The van der Waals surface area contributed by atoms with Crippen LogP contribution in [0.4, 0.5) is 5.82 Å². The van der Waals surface area contributed by atoms with E-state index in [9.17, 15) is 4.79 Å². The number of carbonyl (C=O) groups excluding carboxylic acids is 1. The minimum Gasteiger partial charge on any atom is -0.357 e. The van der Waals surface area contributed by atoms with E-state index in [1.54, 1.807) is 13.1 Å². The van der Waals surface area contributed by atoms with Gasteiger partial charge in [-0.15, -0.1) is 0 Å². The van der Waals surface area contributed by atoms with Gasteiger partial charge in [0.1, 0.15) is 5.82 Å². The maximum Gasteiger partial charge on any atom is 0.161 e. The Labute approximate surface area is 109 Å². The number of ketones is 1. The summed E-state index contributed by atoms with van der Waals surface area (Å²) in [4.78, 5) is 17.9. The second kappa shape index (κ2) is 5.98. The first-order valence-corrected chi connectivity index (χ1v) is 6.92. The molecule has 0 atom stereocenters. The van der Waals surface area contributed by atoms with Crippen LogP contribution in [0.5, 0.6) is 0 Å². The zero-order valence-electron chi connectivity index (χ0n) is 11.4. The van der Waals surface area contributed by atoms with E-state index in [1.165, 1.54) is 25.7 Å². The van der Waals surface area contributed by atoms with E-state index >= 15 is 0 Å². The Morgan fingerprint density at radius 2 is 2.11 bits per heavy atom. The first-order valence-electron chi connectivity index (χ1n) is 6.92. The van der Waals surface area contributed by atoms with Crippen molar-refractivity contribution in [1.82, 2.24) is 4.98 Å². The van der Waals surface area contributed by atoms with Crippen LogP contribution in [0.3, 0.4) is 0 Å². The molecule has 1 aromatic rings. The molecule has 1 fully saturated rings. The fourth-order valence-corrected chi connectivity index (χ4v) is 2.64. The van der Waals surface area contributed by atoms with Crippen molar-refractivity contribution in [3.05, 3.63) is 23.9 Å². The highest BCUT2D eigenvalue weighted by Crippen LogP contribution is 2.24. The molecule has 1 aromatic heterocycles. The van der Waals surface area contributed by atoms with Gasteiger partial charge in [-0.3, -0.25) is 4.79 Å². The van der Waals surface area contributed by atoms with Crippen molar-refractivity contribution in [1.29, 1.82) is 0 Å². The lowest BCUT2D eigenvalue weighted by Gasteiger charge is -2.32. The van der Waals surface area contributed by atoms with Gasteiger partial charge in [0, 0.05) is 24.8 Å². The van der Waals surface area contributed by atoms with Crippen molar-refractivity contribution >= 4 is 11.6 Å². The maximum absolute atomic E-state index is 11.2. The monoisotopic (exact) mass is 246 g/mol. The minimum absolute atomic E-state index is 0.0794. The minimum atomic E-state index is 0.0794. The molecule has 1 aliphatic heterocycles. The summed E-state index contributed by atoms with van der Waals surface area (Å²) in [6, 6.07) is 3.85. The lowest BCUT2D eigenvalue weighted by atomic mass is 9.92. The van der Waals surface area contributed by atoms with Gasteiger partial charge in [-0.25, -0.2) is 4.98 Å². The third kappa shape index (κ3) is 3.09. The predicted molar refractivity (Wildman–Crippen MR) is 74.1 cm³/mol. The predicted octanol–water partition coefficient (Wildman–Crippen LogP) is 3.30. The van der Waals surface area contributed by atoms with Crippen molar-refractivity contribution in [3.8, 4) is 0 Å². The number of hydrogen-bond acceptors (Lipinski definition) is 3. The average molecular weight is 246 g/mol. The highest BCUT2D eigenvalue weighted by atomic mass is 16.1. The molecule has 0 amide bonds. The smallest absolute Gasteiger partial charge is 0.161 e. The molecule has 0 bridgehead atoms. The number of piperidine rings is 1. The Morgan fingerprint density at radius 3 is 2.61 bits per heavy atom. The van der Waals surface area contributed by atoms with Gasteiger partial charge in [-0.2, -0.15) is 0 Å². The number of Topliss-reactive ketones (excluding diaryl/α,β-unsaturated/α-hetero) is 1. The van der Waals surface area contributed by atoms with Crippen LogP contribution in [-0.4, -0.2) is 23.9 Å². The summed E-state index contributed by atoms with van der Waals surface area (Å²) in [5.74, 6) is 1.98. The summed E-state index contributed by atoms with van der Waals surface area (Å²) >= 11 is 0. The molecule has 0 aliphatic carbocycles. The molecule has 0 saturated carbocycles. The van der Waals surface area contributed by atoms with Gasteiger partial charge >= 0.3 is 0 Å². The molecule has 3 heteroatoms. The van der Waals surface area contributed by atoms with Crippen LogP contribution < -0.4 is 4.90 Å². The quantitative estimate of drug-likeness (QED) is 0.764. The summed E-state index contributed by atoms with van der Waals surface area (Å²) < 4.78 is 0. The van der Waals surface area contributed by atoms with E-state index in [-0.39, 0.29) is 5.78 Å². The Bertz CT molecular complexity index is 391. The van der Waals surface area contributed by atoms with E-state index < -0.39 is 0 Å². The fraction of sp³-hybridized carbons (Fsp3) is 0.600. The average Bonchev–Trinajstić information content (AvgIpc) is 2.40. The number of nitrogens with zero attached hydrogens (tertiary/aromatic N) is 2. The third-order valence-electron chi connectivity index (χ3n) is 3.79. The number of carbonyl (C=O) groups is 1. The number of rotatable bonds is 4. The molecule has 2 heterocycles. The zero-order chi connectivity index (χ0) is 13.0. The molecule has 0 aromatic carbocycles. The highest BCUT2D eigenvalue weighted by molar-refractivity contribution is 5.93. The van der Waals surface area contributed by atoms with Crippen molar-refractivity contribution in [2.24, 2.45) is 5.92 Å². The number of hydrogen-bond donors (Lipinski definition) is 0. The van der Waals surface area contributed by atoms with Crippen molar-refractivity contribution < 1.29 is 4.79 Å². The molecule has 1 aliphatic rings. The molecule has 1 saturated heterocycles. The molecule has 0 spiro atoms. The molecule has 2 rings (SSSR count). The molecule has 0 radical (unpaired) electrons. The van der Waals surface area contributed by atoms with Crippen LogP contribution in [0, 0.1) is 5.92 Å². The van der Waals surface area contributed by atoms with Crippen LogP contribution in [0.1, 0.15) is 49.9 Å². The number of aromatic nitrogens is 1. The van der Waals surface area contributed by atoms with E-state index in [4.69, 9.17) is 0 Å².